The van der Waals surface area contributed by atoms with Crippen LogP contribution in [0.3, 0.4) is 0 Å². The maximum absolute atomic E-state index is 5.99. The Kier molecular flexibility index (Phi) is 5.62. The van der Waals surface area contributed by atoms with Crippen molar-refractivity contribution in [1.82, 2.24) is 14.9 Å². The molecule has 1 N–H and O–H groups in total. The van der Waals surface area contributed by atoms with E-state index in [1.54, 1.807) is 0 Å². The molecule has 4 heteroatoms. The molecule has 0 aliphatic heterocycles. The molecule has 0 fully saturated rings. The molecule has 4 nitrogen and oxygen atoms in total. The van der Waals surface area contributed by atoms with E-state index < -0.39 is 0 Å². The second-order valence-electron chi connectivity index (χ2n) is 6.07. The highest BCUT2D eigenvalue weighted by Crippen LogP contribution is 2.16. The molecule has 2 aromatic rings. The predicted octanol–water partition coefficient (Wildman–Crippen LogP) is 3.53. The number of rotatable bonds is 8. The lowest BCUT2D eigenvalue weighted by Crippen LogP contribution is -2.19. The lowest BCUT2D eigenvalue weighted by Gasteiger charge is -2.06. The molecule has 21 heavy (non-hydrogen) atoms. The molecule has 0 radical (unpaired) electrons. The molecule has 116 valence electrons. The minimum absolute atomic E-state index is 0.655. The minimum Gasteiger partial charge on any atom is -0.463 e. The van der Waals surface area contributed by atoms with Gasteiger partial charge >= 0.3 is 0 Å². The number of aryl methyl sites for hydroxylation is 2. The number of nitrogens with one attached hydrogen (secondary N) is 1. The largest absolute Gasteiger partial charge is 0.463 e. The number of nitrogens with zero attached hydrogens (tertiary/aromatic N) is 2. The Morgan fingerprint density at radius 2 is 2.19 bits per heavy atom. The molecule has 2 aromatic heterocycles. The summed E-state index contributed by atoms with van der Waals surface area (Å²) >= 11 is 0. The molecule has 0 spiro atoms. The van der Waals surface area contributed by atoms with E-state index in [4.69, 9.17) is 4.42 Å². The van der Waals surface area contributed by atoms with Crippen molar-refractivity contribution >= 4 is 0 Å². The van der Waals surface area contributed by atoms with Gasteiger partial charge in [0.25, 0.3) is 0 Å². The molecule has 0 aliphatic carbocycles. The van der Waals surface area contributed by atoms with E-state index in [0.717, 1.165) is 49.8 Å². The summed E-state index contributed by atoms with van der Waals surface area (Å²) in [5, 5.41) is 3.43. The van der Waals surface area contributed by atoms with Gasteiger partial charge < -0.3 is 14.3 Å². The van der Waals surface area contributed by atoms with E-state index >= 15 is 0 Å². The first-order valence-electron chi connectivity index (χ1n) is 7.89. The van der Waals surface area contributed by atoms with Crippen molar-refractivity contribution in [2.24, 2.45) is 5.92 Å². The first-order valence-corrected chi connectivity index (χ1v) is 7.89. The molecule has 0 bridgehead atoms. The number of aromatic nitrogens is 2. The maximum atomic E-state index is 5.99. The Morgan fingerprint density at radius 1 is 1.38 bits per heavy atom. The topological polar surface area (TPSA) is 43.0 Å². The van der Waals surface area contributed by atoms with Gasteiger partial charge in [0.05, 0.1) is 13.1 Å². The molecule has 0 aliphatic rings. The zero-order valence-electron chi connectivity index (χ0n) is 13.6. The summed E-state index contributed by atoms with van der Waals surface area (Å²) in [6.45, 7) is 11.3. The zero-order valence-corrected chi connectivity index (χ0v) is 13.6. The Bertz CT molecular complexity index is 554. The summed E-state index contributed by atoms with van der Waals surface area (Å²) in [5.41, 5.74) is 1.22. The molecular formula is C17H27N3O. The molecule has 0 atom stereocenters. The fourth-order valence-corrected chi connectivity index (χ4v) is 2.42. The van der Waals surface area contributed by atoms with Gasteiger partial charge in [-0.05, 0) is 37.4 Å². The standard InChI is InChI=1S/C17H27N3O/c1-5-6-17-19-7-8-20(17)12-15-9-14(4)16(21-15)11-18-10-13(2)3/h7-9,13,18H,5-6,10-12H2,1-4H3. The van der Waals surface area contributed by atoms with Crippen molar-refractivity contribution in [2.45, 2.75) is 53.6 Å². The van der Waals surface area contributed by atoms with Crippen molar-refractivity contribution < 1.29 is 4.42 Å². The summed E-state index contributed by atoms with van der Waals surface area (Å²) in [7, 11) is 0. The quantitative estimate of drug-likeness (QED) is 0.808. The summed E-state index contributed by atoms with van der Waals surface area (Å²) < 4.78 is 8.17. The summed E-state index contributed by atoms with van der Waals surface area (Å²) in [5.74, 6) is 3.83. The van der Waals surface area contributed by atoms with Gasteiger partial charge in [-0.15, -0.1) is 0 Å². The average molecular weight is 289 g/mol. The minimum atomic E-state index is 0.655. The van der Waals surface area contributed by atoms with Crippen LogP contribution < -0.4 is 5.32 Å². The van der Waals surface area contributed by atoms with E-state index in [0.29, 0.717) is 5.92 Å². The van der Waals surface area contributed by atoms with E-state index in [2.05, 4.69) is 48.6 Å². The van der Waals surface area contributed by atoms with Gasteiger partial charge in [0.1, 0.15) is 17.3 Å². The van der Waals surface area contributed by atoms with Crippen LogP contribution >= 0.6 is 0 Å². The average Bonchev–Trinajstić information content (AvgIpc) is 2.98. The second kappa shape index (κ2) is 7.46. The van der Waals surface area contributed by atoms with Gasteiger partial charge in [0, 0.05) is 18.8 Å². The third kappa shape index (κ3) is 4.46. The third-order valence-electron chi connectivity index (χ3n) is 3.51. The van der Waals surface area contributed by atoms with Crippen LogP contribution in [0.1, 0.15) is 50.1 Å². The van der Waals surface area contributed by atoms with Crippen LogP contribution in [0.5, 0.6) is 0 Å². The predicted molar refractivity (Wildman–Crippen MR) is 85.3 cm³/mol. The van der Waals surface area contributed by atoms with E-state index in [1.807, 2.05) is 12.4 Å². The Labute approximate surface area is 127 Å². The Hall–Kier alpha value is -1.55. The van der Waals surface area contributed by atoms with Crippen LogP contribution in [0.15, 0.2) is 22.9 Å². The van der Waals surface area contributed by atoms with Gasteiger partial charge in [-0.25, -0.2) is 4.98 Å². The summed E-state index contributed by atoms with van der Waals surface area (Å²) in [6, 6.07) is 2.14. The Morgan fingerprint density at radius 3 is 2.90 bits per heavy atom. The fourth-order valence-electron chi connectivity index (χ4n) is 2.42. The number of furan rings is 1. The molecule has 0 unspecified atom stereocenters. The molecular weight excluding hydrogens is 262 g/mol. The van der Waals surface area contributed by atoms with E-state index in [-0.39, 0.29) is 0 Å². The van der Waals surface area contributed by atoms with Crippen LogP contribution in [-0.4, -0.2) is 16.1 Å². The fraction of sp³-hybridized carbons (Fsp3) is 0.588. The van der Waals surface area contributed by atoms with Gasteiger partial charge in [-0.1, -0.05) is 20.8 Å². The van der Waals surface area contributed by atoms with Crippen molar-refractivity contribution in [3.05, 3.63) is 41.4 Å². The summed E-state index contributed by atoms with van der Waals surface area (Å²) in [6.07, 6.45) is 6.01. The molecule has 2 rings (SSSR count). The van der Waals surface area contributed by atoms with Crippen molar-refractivity contribution in [3.63, 3.8) is 0 Å². The van der Waals surface area contributed by atoms with E-state index in [9.17, 15) is 0 Å². The molecule has 0 aromatic carbocycles. The lowest BCUT2D eigenvalue weighted by atomic mass is 10.2. The maximum Gasteiger partial charge on any atom is 0.124 e. The molecule has 2 heterocycles. The van der Waals surface area contributed by atoms with Crippen molar-refractivity contribution in [2.75, 3.05) is 6.54 Å². The molecule has 0 amide bonds. The van der Waals surface area contributed by atoms with Gasteiger partial charge in [-0.3, -0.25) is 0 Å². The molecule has 0 saturated carbocycles. The van der Waals surface area contributed by atoms with Gasteiger partial charge in [0.2, 0.25) is 0 Å². The van der Waals surface area contributed by atoms with E-state index in [1.165, 1.54) is 5.56 Å². The normalized spacial score (nSPS) is 11.5. The molecule has 0 saturated heterocycles. The smallest absolute Gasteiger partial charge is 0.124 e. The van der Waals surface area contributed by atoms with Gasteiger partial charge in [0.15, 0.2) is 0 Å². The number of hydrogen-bond acceptors (Lipinski definition) is 3. The van der Waals surface area contributed by atoms with Crippen molar-refractivity contribution in [3.8, 4) is 0 Å². The monoisotopic (exact) mass is 289 g/mol. The van der Waals surface area contributed by atoms with Crippen LogP contribution in [0.4, 0.5) is 0 Å². The number of imidazole rings is 1. The van der Waals surface area contributed by atoms with Gasteiger partial charge in [-0.2, -0.15) is 0 Å². The first-order chi connectivity index (χ1) is 10.1. The Balaban J connectivity index is 1.99. The van der Waals surface area contributed by atoms with Crippen molar-refractivity contribution in [1.29, 1.82) is 0 Å². The highest BCUT2D eigenvalue weighted by molar-refractivity contribution is 5.20. The third-order valence-corrected chi connectivity index (χ3v) is 3.51. The second-order valence-corrected chi connectivity index (χ2v) is 6.07. The van der Waals surface area contributed by atoms with Crippen LogP contribution in [0, 0.1) is 12.8 Å². The highest BCUT2D eigenvalue weighted by Gasteiger charge is 2.10. The first kappa shape index (κ1) is 15.8. The highest BCUT2D eigenvalue weighted by atomic mass is 16.3. The SMILES string of the molecule is CCCc1nccn1Cc1cc(C)c(CNCC(C)C)o1. The van der Waals surface area contributed by atoms with Crippen LogP contribution in [-0.2, 0) is 19.5 Å². The summed E-state index contributed by atoms with van der Waals surface area (Å²) in [4.78, 5) is 4.41. The lowest BCUT2D eigenvalue weighted by molar-refractivity contribution is 0.425. The number of hydrogen-bond donors (Lipinski definition) is 1. The van der Waals surface area contributed by atoms with Crippen LogP contribution in [0.2, 0.25) is 0 Å². The zero-order chi connectivity index (χ0) is 15.2. The van der Waals surface area contributed by atoms with Crippen LogP contribution in [0.25, 0.3) is 0 Å².